The molecule has 1 N–H and O–H groups in total. The Morgan fingerprint density at radius 2 is 2.08 bits per heavy atom. The molecular formula is C19H23N3O2. The van der Waals surface area contributed by atoms with Gasteiger partial charge in [0.15, 0.2) is 5.69 Å². The van der Waals surface area contributed by atoms with Crippen LogP contribution in [0.15, 0.2) is 40.9 Å². The van der Waals surface area contributed by atoms with Crippen molar-refractivity contribution < 1.29 is 9.32 Å². The van der Waals surface area contributed by atoms with Gasteiger partial charge in [0.25, 0.3) is 5.91 Å². The molecule has 2 fully saturated rings. The Bertz CT molecular complexity index is 708. The lowest BCUT2D eigenvalue weighted by Crippen LogP contribution is -2.39. The summed E-state index contributed by atoms with van der Waals surface area (Å²) in [5.74, 6) is 1.63. The van der Waals surface area contributed by atoms with Crippen LogP contribution in [0.1, 0.15) is 47.5 Å². The number of carbonyl (C=O) groups is 1. The molecule has 1 aliphatic heterocycles. The van der Waals surface area contributed by atoms with Gasteiger partial charge >= 0.3 is 0 Å². The van der Waals surface area contributed by atoms with Gasteiger partial charge in [-0.05, 0) is 24.3 Å². The fraction of sp³-hybridized carbons (Fsp3) is 0.474. The minimum absolute atomic E-state index is 0.121. The van der Waals surface area contributed by atoms with E-state index in [0.717, 1.165) is 38.2 Å². The third-order valence-corrected chi connectivity index (χ3v) is 4.99. The van der Waals surface area contributed by atoms with Gasteiger partial charge in [0.05, 0.1) is 0 Å². The summed E-state index contributed by atoms with van der Waals surface area (Å²) in [6.45, 7) is 4.98. The van der Waals surface area contributed by atoms with Gasteiger partial charge in [0, 0.05) is 37.7 Å². The summed E-state index contributed by atoms with van der Waals surface area (Å²) in [4.78, 5) is 14.8. The van der Waals surface area contributed by atoms with E-state index < -0.39 is 0 Å². The predicted octanol–water partition coefficient (Wildman–Crippen LogP) is 2.80. The maximum Gasteiger partial charge on any atom is 0.273 e. The summed E-state index contributed by atoms with van der Waals surface area (Å²) >= 11 is 0. The van der Waals surface area contributed by atoms with E-state index in [2.05, 4.69) is 46.6 Å². The predicted molar refractivity (Wildman–Crippen MR) is 90.6 cm³/mol. The number of nitrogens with zero attached hydrogens (tertiary/aromatic N) is 2. The summed E-state index contributed by atoms with van der Waals surface area (Å²) in [6.07, 6.45) is 2.29. The number of amides is 1. The second kappa shape index (κ2) is 6.40. The van der Waals surface area contributed by atoms with Crippen LogP contribution >= 0.6 is 0 Å². The van der Waals surface area contributed by atoms with Crippen molar-refractivity contribution in [3.63, 3.8) is 0 Å². The molecule has 24 heavy (non-hydrogen) atoms. The summed E-state index contributed by atoms with van der Waals surface area (Å²) < 4.78 is 5.28. The lowest BCUT2D eigenvalue weighted by molar-refractivity contribution is 0.0922. The lowest BCUT2D eigenvalue weighted by Gasteiger charge is -2.16. The summed E-state index contributed by atoms with van der Waals surface area (Å²) in [6, 6.07) is 12.4. The van der Waals surface area contributed by atoms with Crippen LogP contribution in [0, 0.1) is 5.92 Å². The minimum atomic E-state index is -0.121. The molecule has 0 radical (unpaired) electrons. The first-order valence-electron chi connectivity index (χ1n) is 8.73. The first-order chi connectivity index (χ1) is 11.7. The fourth-order valence-corrected chi connectivity index (χ4v) is 3.42. The number of benzene rings is 1. The molecule has 5 nitrogen and oxygen atoms in total. The standard InChI is InChI=1S/C19H23N3O2/c1-13-10-22(11-14-5-3-2-4-6-14)12-17(13)20-19(23)16-9-18(24-21-16)15-7-8-15/h2-6,9,13,15,17H,7-8,10-12H2,1H3,(H,20,23)/t13-,17-/m0/s1. The Kier molecular flexibility index (Phi) is 4.10. The largest absolute Gasteiger partial charge is 0.360 e. The molecule has 2 heterocycles. The lowest BCUT2D eigenvalue weighted by atomic mass is 10.1. The van der Waals surface area contributed by atoms with Crippen molar-refractivity contribution >= 4 is 5.91 Å². The van der Waals surface area contributed by atoms with E-state index in [1.165, 1.54) is 5.56 Å². The highest BCUT2D eigenvalue weighted by atomic mass is 16.5. The zero-order valence-electron chi connectivity index (χ0n) is 13.9. The van der Waals surface area contributed by atoms with E-state index in [1.807, 2.05) is 6.07 Å². The van der Waals surface area contributed by atoms with Gasteiger partial charge in [-0.3, -0.25) is 9.69 Å². The number of likely N-dealkylation sites (tertiary alicyclic amines) is 1. The second-order valence-electron chi connectivity index (χ2n) is 7.13. The molecule has 4 rings (SSSR count). The van der Waals surface area contributed by atoms with Crippen LogP contribution in [-0.4, -0.2) is 35.1 Å². The molecule has 1 amide bonds. The van der Waals surface area contributed by atoms with Gasteiger partial charge in [-0.25, -0.2) is 0 Å². The quantitative estimate of drug-likeness (QED) is 0.918. The molecule has 0 unspecified atom stereocenters. The number of carbonyl (C=O) groups excluding carboxylic acids is 1. The van der Waals surface area contributed by atoms with Gasteiger partial charge < -0.3 is 9.84 Å². The van der Waals surface area contributed by atoms with Crippen LogP contribution in [0.3, 0.4) is 0 Å². The number of rotatable bonds is 5. The highest BCUT2D eigenvalue weighted by molar-refractivity contribution is 5.92. The molecule has 2 aromatic rings. The van der Waals surface area contributed by atoms with E-state index >= 15 is 0 Å². The van der Waals surface area contributed by atoms with Gasteiger partial charge in [-0.1, -0.05) is 42.4 Å². The number of nitrogens with one attached hydrogen (secondary N) is 1. The molecule has 2 atom stereocenters. The zero-order chi connectivity index (χ0) is 16.5. The van der Waals surface area contributed by atoms with Crippen molar-refractivity contribution in [3.8, 4) is 0 Å². The van der Waals surface area contributed by atoms with Crippen LogP contribution in [0.2, 0.25) is 0 Å². The molecule has 1 aliphatic carbocycles. The van der Waals surface area contributed by atoms with E-state index in [9.17, 15) is 4.79 Å². The van der Waals surface area contributed by atoms with Crippen molar-refractivity contribution in [1.82, 2.24) is 15.4 Å². The SMILES string of the molecule is C[C@H]1CN(Cc2ccccc2)C[C@@H]1NC(=O)c1cc(C2CC2)on1. The Labute approximate surface area is 142 Å². The first kappa shape index (κ1) is 15.4. The fourth-order valence-electron chi connectivity index (χ4n) is 3.42. The van der Waals surface area contributed by atoms with Crippen LogP contribution < -0.4 is 5.32 Å². The van der Waals surface area contributed by atoms with Gasteiger partial charge in [-0.2, -0.15) is 0 Å². The third-order valence-electron chi connectivity index (χ3n) is 4.99. The Balaban J connectivity index is 1.34. The molecule has 1 aromatic heterocycles. The second-order valence-corrected chi connectivity index (χ2v) is 7.13. The van der Waals surface area contributed by atoms with Crippen LogP contribution in [0.5, 0.6) is 0 Å². The summed E-state index contributed by atoms with van der Waals surface area (Å²) in [5, 5.41) is 7.06. The van der Waals surface area contributed by atoms with Crippen LogP contribution in [-0.2, 0) is 6.54 Å². The van der Waals surface area contributed by atoms with Crippen molar-refractivity contribution in [2.45, 2.75) is 38.3 Å². The molecule has 0 bridgehead atoms. The van der Waals surface area contributed by atoms with Crippen molar-refractivity contribution in [2.75, 3.05) is 13.1 Å². The molecular weight excluding hydrogens is 302 g/mol. The minimum Gasteiger partial charge on any atom is -0.360 e. The maximum atomic E-state index is 12.4. The highest BCUT2D eigenvalue weighted by Gasteiger charge is 2.32. The molecule has 1 saturated carbocycles. The van der Waals surface area contributed by atoms with Gasteiger partial charge in [-0.15, -0.1) is 0 Å². The van der Waals surface area contributed by atoms with E-state index in [4.69, 9.17) is 4.52 Å². The topological polar surface area (TPSA) is 58.4 Å². The van der Waals surface area contributed by atoms with E-state index in [-0.39, 0.29) is 11.9 Å². The summed E-state index contributed by atoms with van der Waals surface area (Å²) in [5.41, 5.74) is 1.72. The normalized spacial score (nSPS) is 24.2. The number of aromatic nitrogens is 1. The molecule has 1 aromatic carbocycles. The van der Waals surface area contributed by atoms with E-state index in [0.29, 0.717) is 17.5 Å². The van der Waals surface area contributed by atoms with Crippen molar-refractivity contribution in [1.29, 1.82) is 0 Å². The maximum absolute atomic E-state index is 12.4. The average molecular weight is 325 g/mol. The Hall–Kier alpha value is -2.14. The number of hydrogen-bond acceptors (Lipinski definition) is 4. The monoisotopic (exact) mass is 325 g/mol. The van der Waals surface area contributed by atoms with E-state index in [1.54, 1.807) is 6.07 Å². The number of hydrogen-bond donors (Lipinski definition) is 1. The molecule has 126 valence electrons. The zero-order valence-corrected chi connectivity index (χ0v) is 13.9. The molecule has 0 spiro atoms. The van der Waals surface area contributed by atoms with Gasteiger partial charge in [0.2, 0.25) is 0 Å². The highest BCUT2D eigenvalue weighted by Crippen LogP contribution is 2.40. The Morgan fingerprint density at radius 1 is 1.29 bits per heavy atom. The van der Waals surface area contributed by atoms with Crippen LogP contribution in [0.25, 0.3) is 0 Å². The Morgan fingerprint density at radius 3 is 2.83 bits per heavy atom. The van der Waals surface area contributed by atoms with Crippen molar-refractivity contribution in [3.05, 3.63) is 53.4 Å². The summed E-state index contributed by atoms with van der Waals surface area (Å²) in [7, 11) is 0. The molecule has 1 saturated heterocycles. The van der Waals surface area contributed by atoms with Crippen LogP contribution in [0.4, 0.5) is 0 Å². The molecule has 2 aliphatic rings. The average Bonchev–Trinajstić information content (AvgIpc) is 3.21. The first-order valence-corrected chi connectivity index (χ1v) is 8.73. The van der Waals surface area contributed by atoms with Crippen molar-refractivity contribution in [2.24, 2.45) is 5.92 Å². The van der Waals surface area contributed by atoms with Gasteiger partial charge in [0.1, 0.15) is 5.76 Å². The third kappa shape index (κ3) is 3.36. The smallest absolute Gasteiger partial charge is 0.273 e. The molecule has 5 heteroatoms.